The number of carbonyl (C=O) groups is 4. The van der Waals surface area contributed by atoms with Gasteiger partial charge in [0.05, 0.1) is 72.8 Å². The van der Waals surface area contributed by atoms with Gasteiger partial charge < -0.3 is 61.6 Å². The van der Waals surface area contributed by atoms with E-state index in [2.05, 4.69) is 30.1 Å². The third-order valence-corrected chi connectivity index (χ3v) is 16.3. The SMILES string of the molecule is CCC1O[C@H](O[C@@H]2C(C)O[C@H](O[C@@H]3C(CC)O[C@H](OC)C(N=[N+]=[N-])[C@H]3C)C(OC(=O)c3ccccc3)[C@H]2C)C(N=[N+]=[N-])[C@@H](C)[C@@H]1O[C@@H]1O[C@@H](C(C)=O)[C@@H](O[C@H]2O[C@@H](CC)[C@@H](C)[C@H](C)C2N=[N+]=[N-])[C@H](C)C1OC(=O)CCC(C)=O.O=C=O. The fourth-order valence-electron chi connectivity index (χ4n) is 11.5. The molecule has 0 N–H and O–H groups in total. The highest BCUT2D eigenvalue weighted by Crippen LogP contribution is 2.43. The van der Waals surface area contributed by atoms with Gasteiger partial charge in [0, 0.05) is 40.1 Å². The Morgan fingerprint density at radius 3 is 1.47 bits per heavy atom. The number of nitrogens with zero attached hydrogens (tertiary/aromatic N) is 9. The number of ether oxygens (including phenoxy) is 12. The first-order chi connectivity index (χ1) is 38.7. The van der Waals surface area contributed by atoms with Crippen LogP contribution < -0.4 is 0 Å². The molecule has 1 aromatic rings. The molecule has 0 spiro atoms. The van der Waals surface area contributed by atoms with Crippen LogP contribution in [-0.4, -0.2) is 153 Å². The molecule has 5 fully saturated rings. The Hall–Kier alpha value is -5.59. The number of carbonyl (C=O) groups excluding carboxylic acids is 6. The highest BCUT2D eigenvalue weighted by molar-refractivity contribution is 5.89. The Balaban J connectivity index is 0.00000392. The number of benzene rings is 1. The molecule has 0 bridgehead atoms. The third-order valence-electron chi connectivity index (χ3n) is 16.3. The van der Waals surface area contributed by atoms with Gasteiger partial charge in [-0.3, -0.25) is 9.59 Å². The molecule has 81 heavy (non-hydrogen) atoms. The Morgan fingerprint density at radius 2 is 0.975 bits per heavy atom. The number of ketones is 2. The van der Waals surface area contributed by atoms with Gasteiger partial charge in [-0.25, -0.2) is 4.79 Å². The average Bonchev–Trinajstić information content (AvgIpc) is 3.59. The van der Waals surface area contributed by atoms with E-state index in [0.29, 0.717) is 19.3 Å². The molecule has 5 heterocycles. The van der Waals surface area contributed by atoms with E-state index in [1.54, 1.807) is 51.1 Å². The van der Waals surface area contributed by atoms with Crippen LogP contribution in [0.2, 0.25) is 0 Å². The molecule has 0 radical (unpaired) electrons. The molecule has 25 atom stereocenters. The lowest BCUT2D eigenvalue weighted by Crippen LogP contribution is -2.64. The molecule has 5 saturated heterocycles. The van der Waals surface area contributed by atoms with E-state index in [9.17, 15) is 35.8 Å². The van der Waals surface area contributed by atoms with Gasteiger partial charge in [-0.05, 0) is 92.4 Å². The van der Waals surface area contributed by atoms with Crippen molar-refractivity contribution in [1.82, 2.24) is 0 Å². The molecule has 0 aliphatic carbocycles. The lowest BCUT2D eigenvalue weighted by molar-refractivity contribution is -0.361. The smallest absolute Gasteiger partial charge is 0.373 e. The maximum Gasteiger partial charge on any atom is 0.373 e. The molecule has 5 aliphatic rings. The largest absolute Gasteiger partial charge is 0.457 e. The predicted molar refractivity (Wildman–Crippen MR) is 281 cm³/mol. The van der Waals surface area contributed by atoms with Gasteiger partial charge in [-0.1, -0.05) is 95.9 Å². The van der Waals surface area contributed by atoms with Crippen LogP contribution in [0.1, 0.15) is 126 Å². The van der Waals surface area contributed by atoms with Crippen molar-refractivity contribution in [2.24, 2.45) is 50.9 Å². The summed E-state index contributed by atoms with van der Waals surface area (Å²) in [6.45, 7) is 21.4. The van der Waals surface area contributed by atoms with Gasteiger partial charge in [0.25, 0.3) is 0 Å². The van der Waals surface area contributed by atoms with Gasteiger partial charge in [-0.15, -0.1) is 0 Å². The summed E-state index contributed by atoms with van der Waals surface area (Å²) in [5.41, 5.74) is 29.4. The normalized spacial score (nSPS) is 39.3. The summed E-state index contributed by atoms with van der Waals surface area (Å²) in [6.07, 6.45) is -14.0. The number of rotatable bonds is 22. The second kappa shape index (κ2) is 31.2. The number of azide groups is 3. The zero-order chi connectivity index (χ0) is 59.8. The fourth-order valence-corrected chi connectivity index (χ4v) is 11.5. The quantitative estimate of drug-likeness (QED) is 0.0455. The lowest BCUT2D eigenvalue weighted by atomic mass is 9.81. The van der Waals surface area contributed by atoms with Crippen molar-refractivity contribution < 1.29 is 85.6 Å². The van der Waals surface area contributed by atoms with E-state index in [1.807, 2.05) is 48.5 Å². The fraction of sp³-hybridized carbons (Fsp3) is 0.796. The second-order valence-corrected chi connectivity index (χ2v) is 21.5. The van der Waals surface area contributed by atoms with Crippen molar-refractivity contribution in [2.75, 3.05) is 7.11 Å². The molecule has 27 heteroatoms. The lowest BCUT2D eigenvalue weighted by Gasteiger charge is -2.51. The summed E-state index contributed by atoms with van der Waals surface area (Å²) < 4.78 is 77.5. The van der Waals surface area contributed by atoms with Crippen LogP contribution >= 0.6 is 0 Å². The van der Waals surface area contributed by atoms with E-state index < -0.39 is 152 Å². The van der Waals surface area contributed by atoms with E-state index in [4.69, 9.17) is 66.4 Å². The van der Waals surface area contributed by atoms with Crippen LogP contribution in [-0.2, 0) is 80.8 Å². The van der Waals surface area contributed by atoms with Gasteiger partial charge >= 0.3 is 18.1 Å². The van der Waals surface area contributed by atoms with E-state index in [1.165, 1.54) is 21.0 Å². The number of methoxy groups -OCH3 is 1. The number of esters is 2. The minimum Gasteiger partial charge on any atom is -0.457 e. The van der Waals surface area contributed by atoms with Crippen molar-refractivity contribution in [3.8, 4) is 0 Å². The van der Waals surface area contributed by atoms with E-state index in [-0.39, 0.29) is 48.3 Å². The van der Waals surface area contributed by atoms with Gasteiger partial charge in [0.2, 0.25) is 0 Å². The molecule has 8 unspecified atom stereocenters. The van der Waals surface area contributed by atoms with Crippen molar-refractivity contribution >= 4 is 29.7 Å². The third kappa shape index (κ3) is 15.9. The molecule has 448 valence electrons. The van der Waals surface area contributed by atoms with Crippen LogP contribution in [0.15, 0.2) is 45.7 Å². The zero-order valence-corrected chi connectivity index (χ0v) is 48.2. The highest BCUT2D eigenvalue weighted by Gasteiger charge is 2.56. The Kier molecular flexibility index (Phi) is 25.5. The first-order valence-corrected chi connectivity index (χ1v) is 27.7. The summed E-state index contributed by atoms with van der Waals surface area (Å²) in [5.74, 6) is -4.82. The minimum atomic E-state index is -1.43. The zero-order valence-electron chi connectivity index (χ0n) is 48.2. The van der Waals surface area contributed by atoms with Crippen LogP contribution in [0.3, 0.4) is 0 Å². The average molecular weight is 1140 g/mol. The minimum absolute atomic E-state index is 0.00971. The Bertz CT molecular complexity index is 2440. The molecule has 0 amide bonds. The van der Waals surface area contributed by atoms with Crippen molar-refractivity contribution in [2.45, 2.75) is 232 Å². The van der Waals surface area contributed by atoms with Crippen molar-refractivity contribution in [3.05, 3.63) is 67.2 Å². The topological polar surface area (TPSA) is 359 Å². The Labute approximate surface area is 471 Å². The summed E-state index contributed by atoms with van der Waals surface area (Å²) >= 11 is 0. The monoisotopic (exact) mass is 1140 g/mol. The number of hydrogen-bond acceptors (Lipinski definition) is 21. The van der Waals surface area contributed by atoms with Crippen LogP contribution in [0.4, 0.5) is 0 Å². The van der Waals surface area contributed by atoms with E-state index >= 15 is 0 Å². The van der Waals surface area contributed by atoms with Crippen molar-refractivity contribution in [3.63, 3.8) is 0 Å². The molecular weight excluding hydrogens is 1060 g/mol. The van der Waals surface area contributed by atoms with Crippen molar-refractivity contribution in [1.29, 1.82) is 0 Å². The molecule has 0 aromatic heterocycles. The summed E-state index contributed by atoms with van der Waals surface area (Å²) in [5, 5.41) is 12.2. The maximum absolute atomic E-state index is 13.9. The predicted octanol–water partition coefficient (Wildman–Crippen LogP) is 8.41. The maximum atomic E-state index is 13.9. The molecule has 1 aromatic carbocycles. The second-order valence-electron chi connectivity index (χ2n) is 21.5. The first kappa shape index (κ1) is 66.2. The summed E-state index contributed by atoms with van der Waals surface area (Å²) in [7, 11) is 1.47. The summed E-state index contributed by atoms with van der Waals surface area (Å²) in [4.78, 5) is 78.7. The first-order valence-electron chi connectivity index (χ1n) is 27.7. The standard InChI is InChI=1S/C53H79N9O16.CO2/c1-14-34-25(5)26(6)38(57-60-54)50(69-34)77-44-30(10)45(72-37(65)23-22-24(4)63)53(78-47(44)31(11)64)76-43-28(8)40(59-62-56)51(71-36(43)16-3)74-41-29(9)46(73-48(66)33-20-18-17-19-21-33)52(68-32(41)12)75-42-27(7)39(58-61-55)49(67-13)70-35(42)15-2;2-1-3/h17-21,25-30,32,34-36,38-47,49-53H,14-16,22-23H2,1-13H3;/t25-,26-,27+,28+,29-,30-,32?,34-,35?,36?,38?,39?,40?,41-,42-,43-,44-,45?,46?,47-,49-,50+,51+,52+,53+;/m0./s1. The molecule has 0 saturated carbocycles. The molecule has 6 rings (SSSR count). The summed E-state index contributed by atoms with van der Waals surface area (Å²) in [6, 6.07) is 5.83. The van der Waals surface area contributed by atoms with Gasteiger partial charge in [0.1, 0.15) is 18.0 Å². The van der Waals surface area contributed by atoms with Gasteiger partial charge in [0.15, 0.2) is 49.4 Å². The number of Topliss-reactive ketones (excluding diaryl/α,β-unsaturated/α-hetero) is 2. The molecule has 27 nitrogen and oxygen atoms in total. The van der Waals surface area contributed by atoms with Crippen LogP contribution in [0, 0.1) is 35.5 Å². The Morgan fingerprint density at radius 1 is 0.531 bits per heavy atom. The molecule has 5 aliphatic heterocycles. The number of hydrogen-bond donors (Lipinski definition) is 0. The van der Waals surface area contributed by atoms with Gasteiger partial charge in [-0.2, -0.15) is 9.59 Å². The van der Waals surface area contributed by atoms with Crippen LogP contribution in [0.25, 0.3) is 31.3 Å². The highest BCUT2D eigenvalue weighted by atomic mass is 16.8. The van der Waals surface area contributed by atoms with Crippen LogP contribution in [0.5, 0.6) is 0 Å². The van der Waals surface area contributed by atoms with E-state index in [0.717, 1.165) is 0 Å². The molecular formula is C54H79N9O18.